The monoisotopic (exact) mass is 226 g/mol. The number of hydrogen-bond acceptors (Lipinski definition) is 2. The highest BCUT2D eigenvalue weighted by Gasteiger charge is 2.44. The normalized spacial score (nSPS) is 33.4. The van der Waals surface area contributed by atoms with Gasteiger partial charge in [-0.15, -0.1) is 0 Å². The third-order valence-corrected chi connectivity index (χ3v) is 5.16. The van der Waals surface area contributed by atoms with Gasteiger partial charge in [0.25, 0.3) is 0 Å². The molecule has 0 aromatic rings. The predicted molar refractivity (Wildman–Crippen MR) is 65.1 cm³/mol. The fraction of sp³-hybridized carbons (Fsp3) is 1.00. The molecule has 0 aromatic carbocycles. The van der Waals surface area contributed by atoms with E-state index in [0.717, 1.165) is 24.7 Å². The van der Waals surface area contributed by atoms with Crippen molar-refractivity contribution in [3.63, 3.8) is 0 Å². The van der Waals surface area contributed by atoms with Crippen molar-refractivity contribution in [3.8, 4) is 0 Å². The van der Waals surface area contributed by atoms with Crippen molar-refractivity contribution in [1.82, 2.24) is 0 Å². The summed E-state index contributed by atoms with van der Waals surface area (Å²) in [4.78, 5) is 0. The first kappa shape index (κ1) is 12.4. The predicted octanol–water partition coefficient (Wildman–Crippen LogP) is 2.73. The summed E-state index contributed by atoms with van der Waals surface area (Å²) in [6.07, 6.45) is 11.2. The number of aliphatic hydroxyl groups is 2. The van der Waals surface area contributed by atoms with E-state index < -0.39 is 0 Å². The maximum absolute atomic E-state index is 9.32. The summed E-state index contributed by atoms with van der Waals surface area (Å²) in [6, 6.07) is 0. The Morgan fingerprint density at radius 2 is 1.50 bits per heavy atom. The molecule has 0 heterocycles. The van der Waals surface area contributed by atoms with Gasteiger partial charge in [-0.25, -0.2) is 0 Å². The summed E-state index contributed by atoms with van der Waals surface area (Å²) in [6.45, 7) is 0.590. The van der Waals surface area contributed by atoms with Crippen LogP contribution >= 0.6 is 0 Å². The number of fused-ring (bicyclic) bond motifs is 1. The van der Waals surface area contributed by atoms with Crippen LogP contribution in [0.25, 0.3) is 0 Å². The van der Waals surface area contributed by atoms with Crippen LogP contribution in [0.5, 0.6) is 0 Å². The second kappa shape index (κ2) is 5.50. The highest BCUT2D eigenvalue weighted by Crippen LogP contribution is 2.54. The second-order valence-corrected chi connectivity index (χ2v) is 5.85. The van der Waals surface area contributed by atoms with Crippen molar-refractivity contribution >= 4 is 0 Å². The molecule has 2 atom stereocenters. The van der Waals surface area contributed by atoms with Crippen LogP contribution in [-0.4, -0.2) is 23.4 Å². The van der Waals surface area contributed by atoms with Gasteiger partial charge in [0.1, 0.15) is 0 Å². The molecular weight excluding hydrogens is 200 g/mol. The second-order valence-electron chi connectivity index (χ2n) is 5.85. The summed E-state index contributed by atoms with van der Waals surface area (Å²) in [5, 5.41) is 18.6. The lowest BCUT2D eigenvalue weighted by molar-refractivity contribution is -0.0237. The van der Waals surface area contributed by atoms with Crippen LogP contribution < -0.4 is 0 Å². The first-order valence-corrected chi connectivity index (χ1v) is 7.04. The van der Waals surface area contributed by atoms with Crippen LogP contribution in [0.1, 0.15) is 57.8 Å². The summed E-state index contributed by atoms with van der Waals surface area (Å²) in [5.41, 5.74) is 0.271. The van der Waals surface area contributed by atoms with Gasteiger partial charge in [0.05, 0.1) is 0 Å². The van der Waals surface area contributed by atoms with Crippen molar-refractivity contribution in [1.29, 1.82) is 0 Å². The summed E-state index contributed by atoms with van der Waals surface area (Å²) >= 11 is 0. The van der Waals surface area contributed by atoms with Crippen LogP contribution in [0.3, 0.4) is 0 Å². The Kier molecular flexibility index (Phi) is 4.26. The maximum Gasteiger partial charge on any atom is 0.0436 e. The van der Waals surface area contributed by atoms with Crippen molar-refractivity contribution in [2.75, 3.05) is 13.2 Å². The van der Waals surface area contributed by atoms with Gasteiger partial charge in [-0.05, 0) is 42.9 Å². The number of hydrogen-bond donors (Lipinski definition) is 2. The molecule has 0 amide bonds. The van der Waals surface area contributed by atoms with Gasteiger partial charge in [0.2, 0.25) is 0 Å². The minimum Gasteiger partial charge on any atom is -0.396 e. The van der Waals surface area contributed by atoms with E-state index >= 15 is 0 Å². The average Bonchev–Trinajstić information content (AvgIpc) is 2.30. The molecular formula is C14H26O2. The molecule has 2 rings (SSSR count). The Morgan fingerprint density at radius 3 is 2.19 bits per heavy atom. The molecule has 2 aliphatic rings. The molecule has 2 unspecified atom stereocenters. The Balaban J connectivity index is 2.13. The largest absolute Gasteiger partial charge is 0.396 e. The molecule has 16 heavy (non-hydrogen) atoms. The standard InChI is InChI=1S/C14H26O2/c15-10-8-14(9-11-16)7-3-5-12-4-1-2-6-13(12)14/h12-13,15-16H,1-11H2. The van der Waals surface area contributed by atoms with E-state index in [2.05, 4.69) is 0 Å². The van der Waals surface area contributed by atoms with E-state index in [1.807, 2.05) is 0 Å². The van der Waals surface area contributed by atoms with E-state index in [1.165, 1.54) is 44.9 Å². The van der Waals surface area contributed by atoms with Crippen LogP contribution in [0.2, 0.25) is 0 Å². The summed E-state index contributed by atoms with van der Waals surface area (Å²) < 4.78 is 0. The number of aliphatic hydroxyl groups excluding tert-OH is 2. The summed E-state index contributed by atoms with van der Waals surface area (Å²) in [5.74, 6) is 1.68. The van der Waals surface area contributed by atoms with Gasteiger partial charge in [-0.3, -0.25) is 0 Å². The zero-order valence-corrected chi connectivity index (χ0v) is 10.3. The van der Waals surface area contributed by atoms with Gasteiger partial charge in [0, 0.05) is 13.2 Å². The Bertz CT molecular complexity index is 201. The van der Waals surface area contributed by atoms with Gasteiger partial charge in [-0.1, -0.05) is 32.1 Å². The van der Waals surface area contributed by atoms with Crippen molar-refractivity contribution in [2.24, 2.45) is 17.3 Å². The topological polar surface area (TPSA) is 40.5 Å². The van der Waals surface area contributed by atoms with Gasteiger partial charge in [-0.2, -0.15) is 0 Å². The molecule has 0 radical (unpaired) electrons. The zero-order chi connectivity index (χ0) is 11.4. The molecule has 2 nitrogen and oxygen atoms in total. The number of rotatable bonds is 4. The zero-order valence-electron chi connectivity index (χ0n) is 10.3. The smallest absolute Gasteiger partial charge is 0.0436 e. The molecule has 2 aliphatic carbocycles. The lowest BCUT2D eigenvalue weighted by atomic mass is 9.55. The first-order chi connectivity index (χ1) is 7.82. The molecule has 2 saturated carbocycles. The summed E-state index contributed by atoms with van der Waals surface area (Å²) in [7, 11) is 0. The highest BCUT2D eigenvalue weighted by molar-refractivity contribution is 4.95. The van der Waals surface area contributed by atoms with Gasteiger partial charge >= 0.3 is 0 Å². The Hall–Kier alpha value is -0.0800. The molecule has 0 saturated heterocycles. The van der Waals surface area contributed by atoms with Crippen LogP contribution in [0, 0.1) is 17.3 Å². The Labute approximate surface area is 99.1 Å². The van der Waals surface area contributed by atoms with E-state index in [4.69, 9.17) is 0 Å². The van der Waals surface area contributed by atoms with Gasteiger partial charge < -0.3 is 10.2 Å². The minimum atomic E-state index is 0.271. The fourth-order valence-corrected chi connectivity index (χ4v) is 4.45. The van der Waals surface area contributed by atoms with Crippen molar-refractivity contribution in [2.45, 2.75) is 57.8 Å². The van der Waals surface area contributed by atoms with E-state index in [1.54, 1.807) is 0 Å². The molecule has 2 fully saturated rings. The van der Waals surface area contributed by atoms with Crippen LogP contribution in [0.4, 0.5) is 0 Å². The molecule has 0 aromatic heterocycles. The molecule has 2 N–H and O–H groups in total. The molecule has 0 aliphatic heterocycles. The lowest BCUT2D eigenvalue weighted by Gasteiger charge is -2.50. The van der Waals surface area contributed by atoms with E-state index in [0.29, 0.717) is 13.2 Å². The third kappa shape index (κ3) is 2.28. The van der Waals surface area contributed by atoms with Gasteiger partial charge in [0.15, 0.2) is 0 Å². The fourth-order valence-electron chi connectivity index (χ4n) is 4.45. The Morgan fingerprint density at radius 1 is 0.875 bits per heavy atom. The lowest BCUT2D eigenvalue weighted by Crippen LogP contribution is -2.42. The SMILES string of the molecule is OCCC1(CCO)CCCC2CCCCC21. The average molecular weight is 226 g/mol. The van der Waals surface area contributed by atoms with Crippen molar-refractivity contribution in [3.05, 3.63) is 0 Å². The maximum atomic E-state index is 9.32. The highest BCUT2D eigenvalue weighted by atomic mass is 16.3. The first-order valence-electron chi connectivity index (χ1n) is 7.04. The van der Waals surface area contributed by atoms with Crippen LogP contribution in [-0.2, 0) is 0 Å². The molecule has 94 valence electrons. The molecule has 0 spiro atoms. The van der Waals surface area contributed by atoms with Crippen LogP contribution in [0.15, 0.2) is 0 Å². The molecule has 2 heteroatoms. The molecule has 0 bridgehead atoms. The van der Waals surface area contributed by atoms with E-state index in [-0.39, 0.29) is 5.41 Å². The van der Waals surface area contributed by atoms with Crippen molar-refractivity contribution < 1.29 is 10.2 Å². The quantitative estimate of drug-likeness (QED) is 0.774. The van der Waals surface area contributed by atoms with E-state index in [9.17, 15) is 10.2 Å². The third-order valence-electron chi connectivity index (χ3n) is 5.16. The minimum absolute atomic E-state index is 0.271.